The molecule has 1 aliphatic rings. The molecule has 1 aliphatic carbocycles. The molecule has 1 saturated carbocycles. The van der Waals surface area contributed by atoms with Gasteiger partial charge in [0, 0.05) is 0 Å². The van der Waals surface area contributed by atoms with E-state index in [1.54, 1.807) is 0 Å². The van der Waals surface area contributed by atoms with E-state index >= 15 is 0 Å². The monoisotopic (exact) mass is 164 g/mol. The van der Waals surface area contributed by atoms with Crippen LogP contribution in [0.1, 0.15) is 33.1 Å². The highest BCUT2D eigenvalue weighted by Gasteiger charge is 2.43. The topological polar surface area (TPSA) is 53.2 Å². The predicted octanol–water partition coefficient (Wildman–Crippen LogP) is 1.79. The summed E-state index contributed by atoms with van der Waals surface area (Å²) in [6.07, 6.45) is 3.80. The first-order valence-electron chi connectivity index (χ1n) is 4.04. The second-order valence-electron chi connectivity index (χ2n) is 4.19. The number of isocyanates is 1. The molecule has 0 radical (unpaired) electrons. The third-order valence-electron chi connectivity index (χ3n) is 2.45. The minimum Gasteiger partial charge on any atom is -0.211 e. The number of rotatable bonds is 1. The average Bonchev–Trinajstić information content (AvgIpc) is 2.29. The van der Waals surface area contributed by atoms with E-state index in [1.807, 2.05) is 0 Å². The lowest BCUT2D eigenvalue weighted by Crippen LogP contribution is -2.21. The van der Waals surface area contributed by atoms with E-state index in [-0.39, 0.29) is 5.41 Å². The standard InChI is InChI=1S/C9H12N2O/c1-8(2)3-4-9(5-8,6-10)11-7-12/h3-5H2,1-2H3. The van der Waals surface area contributed by atoms with Crippen molar-refractivity contribution in [2.45, 2.75) is 38.6 Å². The first-order chi connectivity index (χ1) is 5.54. The van der Waals surface area contributed by atoms with Gasteiger partial charge in [-0.1, -0.05) is 13.8 Å². The predicted molar refractivity (Wildman–Crippen MR) is 44.1 cm³/mol. The number of carbonyl (C=O) groups excluding carboxylic acids is 1. The lowest BCUT2D eigenvalue weighted by Gasteiger charge is -2.18. The summed E-state index contributed by atoms with van der Waals surface area (Å²) in [6, 6.07) is 2.10. The number of aliphatic imine (C=N–C) groups is 1. The van der Waals surface area contributed by atoms with Crippen LogP contribution >= 0.6 is 0 Å². The maximum atomic E-state index is 10.1. The van der Waals surface area contributed by atoms with Gasteiger partial charge >= 0.3 is 0 Å². The molecule has 0 saturated heterocycles. The zero-order chi connectivity index (χ0) is 9.24. The summed E-state index contributed by atoms with van der Waals surface area (Å²) in [7, 11) is 0. The largest absolute Gasteiger partial charge is 0.236 e. The van der Waals surface area contributed by atoms with Gasteiger partial charge in [0.2, 0.25) is 6.08 Å². The quantitative estimate of drug-likeness (QED) is 0.438. The summed E-state index contributed by atoms with van der Waals surface area (Å²) >= 11 is 0. The summed E-state index contributed by atoms with van der Waals surface area (Å²) in [5.41, 5.74) is -0.638. The van der Waals surface area contributed by atoms with E-state index in [1.165, 1.54) is 6.08 Å². The number of hydrogen-bond donors (Lipinski definition) is 0. The molecule has 3 nitrogen and oxygen atoms in total. The van der Waals surface area contributed by atoms with Crippen LogP contribution in [0.2, 0.25) is 0 Å². The molecule has 0 bridgehead atoms. The summed E-state index contributed by atoms with van der Waals surface area (Å²) in [5, 5.41) is 8.86. The van der Waals surface area contributed by atoms with Crippen LogP contribution in [-0.2, 0) is 4.79 Å². The van der Waals surface area contributed by atoms with Gasteiger partial charge in [0.25, 0.3) is 0 Å². The van der Waals surface area contributed by atoms with Crippen LogP contribution in [0.25, 0.3) is 0 Å². The number of hydrogen-bond acceptors (Lipinski definition) is 3. The molecule has 0 aliphatic heterocycles. The maximum Gasteiger partial charge on any atom is 0.236 e. The highest BCUT2D eigenvalue weighted by Crippen LogP contribution is 2.45. The first kappa shape index (κ1) is 8.96. The fraction of sp³-hybridized carbons (Fsp3) is 0.778. The van der Waals surface area contributed by atoms with Crippen molar-refractivity contribution in [2.24, 2.45) is 10.4 Å². The van der Waals surface area contributed by atoms with Gasteiger partial charge in [-0.2, -0.15) is 10.3 Å². The average molecular weight is 164 g/mol. The molecule has 0 aromatic heterocycles. The molecule has 1 atom stereocenters. The van der Waals surface area contributed by atoms with Crippen LogP contribution in [0.3, 0.4) is 0 Å². The molecule has 0 aromatic rings. The zero-order valence-corrected chi connectivity index (χ0v) is 7.42. The third kappa shape index (κ3) is 1.54. The van der Waals surface area contributed by atoms with Gasteiger partial charge in [0.05, 0.1) is 6.07 Å². The Hall–Kier alpha value is -1.13. The Balaban J connectivity index is 2.89. The van der Waals surface area contributed by atoms with E-state index in [4.69, 9.17) is 5.26 Å². The van der Waals surface area contributed by atoms with E-state index < -0.39 is 5.54 Å². The third-order valence-corrected chi connectivity index (χ3v) is 2.45. The van der Waals surface area contributed by atoms with Crippen LogP contribution in [0.4, 0.5) is 0 Å². The molecule has 1 rings (SSSR count). The molecule has 3 heteroatoms. The summed E-state index contributed by atoms with van der Waals surface area (Å²) in [6.45, 7) is 4.18. The van der Waals surface area contributed by atoms with Crippen LogP contribution in [0, 0.1) is 16.7 Å². The molecule has 0 N–H and O–H groups in total. The van der Waals surface area contributed by atoms with Crippen molar-refractivity contribution in [3.63, 3.8) is 0 Å². The zero-order valence-electron chi connectivity index (χ0n) is 7.42. The Morgan fingerprint density at radius 3 is 2.42 bits per heavy atom. The Bertz CT molecular complexity index is 271. The molecule has 0 amide bonds. The van der Waals surface area contributed by atoms with Crippen molar-refractivity contribution < 1.29 is 4.79 Å². The van der Waals surface area contributed by atoms with Crippen LogP contribution in [0.15, 0.2) is 4.99 Å². The molecular weight excluding hydrogens is 152 g/mol. The molecule has 0 heterocycles. The fourth-order valence-corrected chi connectivity index (χ4v) is 1.82. The first-order valence-corrected chi connectivity index (χ1v) is 4.04. The summed E-state index contributed by atoms with van der Waals surface area (Å²) < 4.78 is 0. The Labute approximate surface area is 72.1 Å². The van der Waals surface area contributed by atoms with E-state index in [0.29, 0.717) is 12.8 Å². The lowest BCUT2D eigenvalue weighted by molar-refractivity contribution is 0.363. The van der Waals surface area contributed by atoms with Crippen LogP contribution in [0.5, 0.6) is 0 Å². The van der Waals surface area contributed by atoms with Gasteiger partial charge in [0.15, 0.2) is 5.54 Å². The Morgan fingerprint density at radius 1 is 1.42 bits per heavy atom. The van der Waals surface area contributed by atoms with Crippen molar-refractivity contribution in [3.8, 4) is 6.07 Å². The molecule has 1 unspecified atom stereocenters. The highest BCUT2D eigenvalue weighted by molar-refractivity contribution is 5.37. The Kier molecular flexibility index (Phi) is 2.04. The second kappa shape index (κ2) is 2.73. The minimum atomic E-state index is -0.773. The summed E-state index contributed by atoms with van der Waals surface area (Å²) in [4.78, 5) is 13.7. The fourth-order valence-electron chi connectivity index (χ4n) is 1.82. The van der Waals surface area contributed by atoms with E-state index in [2.05, 4.69) is 24.9 Å². The SMILES string of the molecule is CC1(C)CCC(C#N)(N=C=O)C1. The van der Waals surface area contributed by atoms with Crippen LogP contribution in [-0.4, -0.2) is 11.6 Å². The highest BCUT2D eigenvalue weighted by atomic mass is 16.1. The van der Waals surface area contributed by atoms with Gasteiger partial charge in [-0.3, -0.25) is 0 Å². The smallest absolute Gasteiger partial charge is 0.211 e. The number of nitriles is 1. The summed E-state index contributed by atoms with van der Waals surface area (Å²) in [5.74, 6) is 0. The molecule has 0 spiro atoms. The lowest BCUT2D eigenvalue weighted by atomic mass is 9.89. The van der Waals surface area contributed by atoms with Crippen molar-refractivity contribution in [2.75, 3.05) is 0 Å². The molecule has 0 aromatic carbocycles. The van der Waals surface area contributed by atoms with E-state index in [9.17, 15) is 4.79 Å². The van der Waals surface area contributed by atoms with Crippen molar-refractivity contribution in [1.82, 2.24) is 0 Å². The van der Waals surface area contributed by atoms with Crippen molar-refractivity contribution >= 4 is 6.08 Å². The molecular formula is C9H12N2O. The Morgan fingerprint density at radius 2 is 2.08 bits per heavy atom. The maximum absolute atomic E-state index is 10.1. The van der Waals surface area contributed by atoms with Gasteiger partial charge in [-0.05, 0) is 24.7 Å². The van der Waals surface area contributed by atoms with Crippen molar-refractivity contribution in [3.05, 3.63) is 0 Å². The van der Waals surface area contributed by atoms with E-state index in [0.717, 1.165) is 6.42 Å². The molecule has 1 fully saturated rings. The van der Waals surface area contributed by atoms with Gasteiger partial charge in [-0.15, -0.1) is 0 Å². The number of nitrogens with zero attached hydrogens (tertiary/aromatic N) is 2. The van der Waals surface area contributed by atoms with Crippen molar-refractivity contribution in [1.29, 1.82) is 5.26 Å². The molecule has 12 heavy (non-hydrogen) atoms. The van der Waals surface area contributed by atoms with Crippen LogP contribution < -0.4 is 0 Å². The minimum absolute atomic E-state index is 0.135. The van der Waals surface area contributed by atoms with Gasteiger partial charge in [-0.25, -0.2) is 4.79 Å². The molecule has 64 valence electrons. The normalized spacial score (nSPS) is 32.1. The second-order valence-corrected chi connectivity index (χ2v) is 4.19. The van der Waals surface area contributed by atoms with Gasteiger partial charge < -0.3 is 0 Å². The van der Waals surface area contributed by atoms with Gasteiger partial charge in [0.1, 0.15) is 0 Å².